The zero-order valence-electron chi connectivity index (χ0n) is 14.8. The van der Waals surface area contributed by atoms with Crippen LogP contribution in [-0.4, -0.2) is 54.9 Å². The largest absolute Gasteiger partial charge is 0.491 e. The van der Waals surface area contributed by atoms with Gasteiger partial charge in [-0.05, 0) is 50.0 Å². The van der Waals surface area contributed by atoms with Gasteiger partial charge in [0.1, 0.15) is 18.5 Å². The first-order chi connectivity index (χ1) is 11.1. The lowest BCUT2D eigenvalue weighted by atomic mass is 10.0. The van der Waals surface area contributed by atoms with Crippen molar-refractivity contribution in [3.05, 3.63) is 29.8 Å². The number of aliphatic hydroxyl groups excluding tert-OH is 1. The molecule has 1 aliphatic heterocycles. The minimum atomic E-state index is -0.473. The van der Waals surface area contributed by atoms with Gasteiger partial charge in [-0.2, -0.15) is 0 Å². The Hall–Kier alpha value is -1.10. The molecular formula is C19H32N2O2. The molecule has 23 heavy (non-hydrogen) atoms. The van der Waals surface area contributed by atoms with Crippen molar-refractivity contribution in [3.63, 3.8) is 0 Å². The van der Waals surface area contributed by atoms with Crippen LogP contribution >= 0.6 is 0 Å². The minimum absolute atomic E-state index is 0.338. The van der Waals surface area contributed by atoms with E-state index < -0.39 is 6.10 Å². The second kappa shape index (κ2) is 9.26. The van der Waals surface area contributed by atoms with Gasteiger partial charge in [-0.15, -0.1) is 0 Å². The number of para-hydroxylation sites is 1. The van der Waals surface area contributed by atoms with Gasteiger partial charge in [0.05, 0.1) is 0 Å². The van der Waals surface area contributed by atoms with Gasteiger partial charge in [-0.25, -0.2) is 0 Å². The Bertz CT molecular complexity index is 456. The van der Waals surface area contributed by atoms with Crippen molar-refractivity contribution in [3.8, 4) is 5.75 Å². The number of aliphatic hydroxyl groups is 1. The standard InChI is InChI=1S/C19H32N2O2/c1-4-21-11-9-16(10-12-21)20-13-17(22)14-23-19-8-6-5-7-18(19)15(2)3/h5-8,15-17,20,22H,4,9-14H2,1-3H3/t17-/m1/s1. The number of piperidine rings is 1. The van der Waals surface area contributed by atoms with Gasteiger partial charge in [0.15, 0.2) is 0 Å². The summed E-state index contributed by atoms with van der Waals surface area (Å²) in [5.74, 6) is 1.31. The Morgan fingerprint density at radius 2 is 1.96 bits per heavy atom. The second-order valence-electron chi connectivity index (χ2n) is 6.77. The molecule has 0 aliphatic carbocycles. The van der Waals surface area contributed by atoms with E-state index in [0.29, 0.717) is 25.1 Å². The Morgan fingerprint density at radius 3 is 2.61 bits per heavy atom. The molecule has 1 aromatic rings. The molecule has 0 radical (unpaired) electrons. The molecule has 1 aromatic carbocycles. The van der Waals surface area contributed by atoms with E-state index in [1.165, 1.54) is 5.56 Å². The second-order valence-corrected chi connectivity index (χ2v) is 6.77. The maximum atomic E-state index is 10.2. The lowest BCUT2D eigenvalue weighted by Gasteiger charge is -2.32. The molecule has 1 aliphatic rings. The highest BCUT2D eigenvalue weighted by Crippen LogP contribution is 2.25. The maximum Gasteiger partial charge on any atom is 0.122 e. The summed E-state index contributed by atoms with van der Waals surface area (Å²) in [6, 6.07) is 8.61. The number of hydrogen-bond acceptors (Lipinski definition) is 4. The third-order valence-electron chi connectivity index (χ3n) is 4.65. The van der Waals surface area contributed by atoms with E-state index >= 15 is 0 Å². The Labute approximate surface area is 140 Å². The van der Waals surface area contributed by atoms with Gasteiger partial charge in [0, 0.05) is 12.6 Å². The van der Waals surface area contributed by atoms with Crippen molar-refractivity contribution >= 4 is 0 Å². The van der Waals surface area contributed by atoms with Crippen molar-refractivity contribution in [2.45, 2.75) is 51.7 Å². The first kappa shape index (κ1) is 18.2. The molecular weight excluding hydrogens is 288 g/mol. The topological polar surface area (TPSA) is 44.7 Å². The average Bonchev–Trinajstić information content (AvgIpc) is 2.58. The van der Waals surface area contributed by atoms with Gasteiger partial charge in [-0.3, -0.25) is 0 Å². The van der Waals surface area contributed by atoms with E-state index in [-0.39, 0.29) is 0 Å². The highest BCUT2D eigenvalue weighted by atomic mass is 16.5. The van der Waals surface area contributed by atoms with E-state index in [1.807, 2.05) is 18.2 Å². The van der Waals surface area contributed by atoms with Crippen LogP contribution in [0.15, 0.2) is 24.3 Å². The highest BCUT2D eigenvalue weighted by molar-refractivity contribution is 5.35. The number of likely N-dealkylation sites (tertiary alicyclic amines) is 1. The van der Waals surface area contributed by atoms with Crippen LogP contribution in [-0.2, 0) is 0 Å². The molecule has 130 valence electrons. The number of nitrogens with zero attached hydrogens (tertiary/aromatic N) is 1. The Kier molecular flexibility index (Phi) is 7.34. The van der Waals surface area contributed by atoms with Gasteiger partial charge >= 0.3 is 0 Å². The highest BCUT2D eigenvalue weighted by Gasteiger charge is 2.18. The van der Waals surface area contributed by atoms with Crippen LogP contribution in [0, 0.1) is 0 Å². The summed E-state index contributed by atoms with van der Waals surface area (Å²) in [6.45, 7) is 10.9. The van der Waals surface area contributed by atoms with Gasteiger partial charge in [0.25, 0.3) is 0 Å². The normalized spacial score (nSPS) is 18.3. The van der Waals surface area contributed by atoms with Crippen molar-refractivity contribution in [2.75, 3.05) is 32.8 Å². The van der Waals surface area contributed by atoms with Crippen molar-refractivity contribution in [1.29, 1.82) is 0 Å². The van der Waals surface area contributed by atoms with E-state index in [0.717, 1.165) is 38.2 Å². The summed E-state index contributed by atoms with van der Waals surface area (Å²) < 4.78 is 5.84. The molecule has 2 rings (SSSR count). The van der Waals surface area contributed by atoms with Gasteiger partial charge in [0.2, 0.25) is 0 Å². The fourth-order valence-corrected chi connectivity index (χ4v) is 3.09. The molecule has 2 N–H and O–H groups in total. The molecule has 4 nitrogen and oxygen atoms in total. The van der Waals surface area contributed by atoms with Crippen LogP contribution in [0.25, 0.3) is 0 Å². The summed E-state index contributed by atoms with van der Waals surface area (Å²) in [5, 5.41) is 13.7. The molecule has 1 saturated heterocycles. The molecule has 0 aromatic heterocycles. The fraction of sp³-hybridized carbons (Fsp3) is 0.684. The maximum absolute atomic E-state index is 10.2. The van der Waals surface area contributed by atoms with Crippen molar-refractivity contribution in [2.24, 2.45) is 0 Å². The summed E-state index contributed by atoms with van der Waals surface area (Å²) in [5.41, 5.74) is 1.19. The molecule has 1 atom stereocenters. The number of ether oxygens (including phenoxy) is 1. The molecule has 4 heteroatoms. The molecule has 1 heterocycles. The van der Waals surface area contributed by atoms with Crippen LogP contribution in [0.3, 0.4) is 0 Å². The molecule has 0 bridgehead atoms. The average molecular weight is 320 g/mol. The number of rotatable bonds is 8. The van der Waals surface area contributed by atoms with Crippen LogP contribution in [0.4, 0.5) is 0 Å². The van der Waals surface area contributed by atoms with Crippen LogP contribution in [0.2, 0.25) is 0 Å². The molecule has 0 unspecified atom stereocenters. The van der Waals surface area contributed by atoms with E-state index in [1.54, 1.807) is 0 Å². The number of benzene rings is 1. The molecule has 0 amide bonds. The number of nitrogens with one attached hydrogen (secondary N) is 1. The SMILES string of the molecule is CCN1CCC(NC[C@@H](O)COc2ccccc2C(C)C)CC1. The monoisotopic (exact) mass is 320 g/mol. The first-order valence-corrected chi connectivity index (χ1v) is 8.95. The molecule has 0 spiro atoms. The predicted octanol–water partition coefficient (Wildman–Crippen LogP) is 2.62. The van der Waals surface area contributed by atoms with E-state index in [2.05, 4.69) is 37.1 Å². The van der Waals surface area contributed by atoms with Gasteiger partial charge in [-0.1, -0.05) is 39.0 Å². The Balaban J connectivity index is 1.70. The quantitative estimate of drug-likeness (QED) is 0.773. The Morgan fingerprint density at radius 1 is 1.26 bits per heavy atom. The van der Waals surface area contributed by atoms with Crippen molar-refractivity contribution in [1.82, 2.24) is 10.2 Å². The summed E-state index contributed by atoms with van der Waals surface area (Å²) >= 11 is 0. The molecule has 0 saturated carbocycles. The summed E-state index contributed by atoms with van der Waals surface area (Å²) in [6.07, 6.45) is 1.86. The van der Waals surface area contributed by atoms with Crippen LogP contribution in [0.5, 0.6) is 5.75 Å². The predicted molar refractivity (Wildman–Crippen MR) is 95.2 cm³/mol. The van der Waals surface area contributed by atoms with Gasteiger partial charge < -0.3 is 20.1 Å². The third-order valence-corrected chi connectivity index (χ3v) is 4.65. The third kappa shape index (κ3) is 5.79. The van der Waals surface area contributed by atoms with Crippen LogP contribution in [0.1, 0.15) is 45.1 Å². The van der Waals surface area contributed by atoms with Crippen LogP contribution < -0.4 is 10.1 Å². The first-order valence-electron chi connectivity index (χ1n) is 8.95. The number of hydrogen-bond donors (Lipinski definition) is 2. The lowest BCUT2D eigenvalue weighted by Crippen LogP contribution is -2.45. The van der Waals surface area contributed by atoms with Crippen molar-refractivity contribution < 1.29 is 9.84 Å². The minimum Gasteiger partial charge on any atom is -0.491 e. The van der Waals surface area contributed by atoms with E-state index in [4.69, 9.17) is 4.74 Å². The van der Waals surface area contributed by atoms with E-state index in [9.17, 15) is 5.11 Å². The molecule has 1 fully saturated rings. The smallest absolute Gasteiger partial charge is 0.122 e. The fourth-order valence-electron chi connectivity index (χ4n) is 3.09. The lowest BCUT2D eigenvalue weighted by molar-refractivity contribution is 0.0981. The summed E-state index contributed by atoms with van der Waals surface area (Å²) in [7, 11) is 0. The summed E-state index contributed by atoms with van der Waals surface area (Å²) in [4.78, 5) is 2.47. The zero-order valence-corrected chi connectivity index (χ0v) is 14.8. The zero-order chi connectivity index (χ0) is 16.7.